The molecule has 3 unspecified atom stereocenters. The molecule has 0 bridgehead atoms. The molecular formula is C6H15NO5. The van der Waals surface area contributed by atoms with E-state index in [2.05, 4.69) is 0 Å². The van der Waals surface area contributed by atoms with E-state index in [1.807, 2.05) is 0 Å². The standard InChI is InChI=1S/C6H15NO5/c7-1-3(9)5(11)6(12)4(10)2-8/h3-6,8-12H,1-2,7H2/t3-,4?,5?,6?/m0/s1. The summed E-state index contributed by atoms with van der Waals surface area (Å²) in [6, 6.07) is 0. The third-order valence-electron chi connectivity index (χ3n) is 1.57. The van der Waals surface area contributed by atoms with E-state index in [-0.39, 0.29) is 6.54 Å². The van der Waals surface area contributed by atoms with E-state index < -0.39 is 31.0 Å². The molecule has 74 valence electrons. The van der Waals surface area contributed by atoms with E-state index in [9.17, 15) is 0 Å². The summed E-state index contributed by atoms with van der Waals surface area (Å²) in [4.78, 5) is 0. The van der Waals surface area contributed by atoms with Crippen LogP contribution in [0.1, 0.15) is 0 Å². The normalized spacial score (nSPS) is 21.5. The van der Waals surface area contributed by atoms with Crippen LogP contribution in [0.15, 0.2) is 0 Å². The lowest BCUT2D eigenvalue weighted by Gasteiger charge is -2.24. The highest BCUT2D eigenvalue weighted by atomic mass is 16.4. The number of hydrogen-bond acceptors (Lipinski definition) is 6. The van der Waals surface area contributed by atoms with Crippen molar-refractivity contribution in [2.45, 2.75) is 24.4 Å². The molecule has 0 heterocycles. The molecule has 6 nitrogen and oxygen atoms in total. The lowest BCUT2D eigenvalue weighted by molar-refractivity contribution is -0.112. The summed E-state index contributed by atoms with van der Waals surface area (Å²) in [6.07, 6.45) is -5.91. The van der Waals surface area contributed by atoms with Crippen molar-refractivity contribution in [2.24, 2.45) is 5.73 Å². The zero-order chi connectivity index (χ0) is 9.72. The van der Waals surface area contributed by atoms with E-state index >= 15 is 0 Å². The van der Waals surface area contributed by atoms with E-state index in [1.54, 1.807) is 0 Å². The predicted octanol–water partition coefficient (Wildman–Crippen LogP) is -3.62. The second-order valence-electron chi connectivity index (χ2n) is 2.53. The van der Waals surface area contributed by atoms with Crippen LogP contribution < -0.4 is 5.73 Å². The molecule has 0 fully saturated rings. The molecule has 0 saturated carbocycles. The van der Waals surface area contributed by atoms with Gasteiger partial charge in [0.25, 0.3) is 0 Å². The molecule has 0 rings (SSSR count). The van der Waals surface area contributed by atoms with E-state index in [0.29, 0.717) is 0 Å². The highest BCUT2D eigenvalue weighted by molar-refractivity contribution is 4.80. The number of aliphatic hydroxyl groups excluding tert-OH is 5. The summed E-state index contributed by atoms with van der Waals surface area (Å²) in [5, 5.41) is 44.2. The quantitative estimate of drug-likeness (QED) is 0.260. The van der Waals surface area contributed by atoms with Gasteiger partial charge in [-0.05, 0) is 0 Å². The first kappa shape index (κ1) is 11.8. The summed E-state index contributed by atoms with van der Waals surface area (Å²) in [5.74, 6) is 0. The fraction of sp³-hybridized carbons (Fsp3) is 1.00. The van der Waals surface area contributed by atoms with Crippen LogP contribution in [0, 0.1) is 0 Å². The maximum atomic E-state index is 9.04. The Kier molecular flexibility index (Phi) is 5.31. The average molecular weight is 181 g/mol. The van der Waals surface area contributed by atoms with Gasteiger partial charge in [0, 0.05) is 6.54 Å². The van der Waals surface area contributed by atoms with Gasteiger partial charge in [-0.25, -0.2) is 0 Å². The van der Waals surface area contributed by atoms with Crippen LogP contribution in [-0.4, -0.2) is 63.1 Å². The van der Waals surface area contributed by atoms with Crippen LogP contribution in [0.5, 0.6) is 0 Å². The molecule has 12 heavy (non-hydrogen) atoms. The molecule has 6 heteroatoms. The molecule has 4 atom stereocenters. The molecule has 0 radical (unpaired) electrons. The highest BCUT2D eigenvalue weighted by Crippen LogP contribution is 2.03. The summed E-state index contributed by atoms with van der Waals surface area (Å²) < 4.78 is 0. The van der Waals surface area contributed by atoms with Gasteiger partial charge in [0.2, 0.25) is 0 Å². The summed E-state index contributed by atoms with van der Waals surface area (Å²) in [5.41, 5.74) is 4.99. The number of hydrogen-bond donors (Lipinski definition) is 6. The molecule has 0 aliphatic heterocycles. The molecule has 0 aromatic rings. The maximum absolute atomic E-state index is 9.04. The van der Waals surface area contributed by atoms with E-state index in [0.717, 1.165) is 0 Å². The molecule has 0 aliphatic carbocycles. The lowest BCUT2D eigenvalue weighted by atomic mass is 10.0. The van der Waals surface area contributed by atoms with Crippen molar-refractivity contribution in [1.29, 1.82) is 0 Å². The van der Waals surface area contributed by atoms with Crippen LogP contribution in [0.25, 0.3) is 0 Å². The summed E-state index contributed by atoms with van der Waals surface area (Å²) in [7, 11) is 0. The molecule has 0 amide bonds. The van der Waals surface area contributed by atoms with Gasteiger partial charge in [0.1, 0.15) is 18.3 Å². The Bertz CT molecular complexity index is 109. The minimum atomic E-state index is -1.59. The van der Waals surface area contributed by atoms with Gasteiger partial charge in [-0.3, -0.25) is 0 Å². The topological polar surface area (TPSA) is 127 Å². The van der Waals surface area contributed by atoms with Gasteiger partial charge in [0.15, 0.2) is 0 Å². The highest BCUT2D eigenvalue weighted by Gasteiger charge is 2.28. The van der Waals surface area contributed by atoms with Crippen molar-refractivity contribution < 1.29 is 25.5 Å². The molecule has 0 saturated heterocycles. The maximum Gasteiger partial charge on any atom is 0.111 e. The Morgan fingerprint density at radius 3 is 1.67 bits per heavy atom. The first-order valence-corrected chi connectivity index (χ1v) is 3.57. The van der Waals surface area contributed by atoms with Gasteiger partial charge in [0.05, 0.1) is 12.7 Å². The van der Waals surface area contributed by atoms with Gasteiger partial charge < -0.3 is 31.3 Å². The van der Waals surface area contributed by atoms with Gasteiger partial charge in [-0.1, -0.05) is 0 Å². The number of aliphatic hydroxyl groups is 5. The Morgan fingerprint density at radius 2 is 1.33 bits per heavy atom. The molecule has 0 aromatic heterocycles. The van der Waals surface area contributed by atoms with E-state index in [4.69, 9.17) is 31.3 Å². The summed E-state index contributed by atoms with van der Waals surface area (Å²) in [6.45, 7) is -0.911. The number of nitrogens with two attached hydrogens (primary N) is 1. The predicted molar refractivity (Wildman–Crippen MR) is 40.2 cm³/mol. The fourth-order valence-electron chi connectivity index (χ4n) is 0.703. The molecule has 0 aliphatic rings. The van der Waals surface area contributed by atoms with Gasteiger partial charge in [-0.15, -0.1) is 0 Å². The Balaban J connectivity index is 3.99. The van der Waals surface area contributed by atoms with Crippen LogP contribution in [0.2, 0.25) is 0 Å². The van der Waals surface area contributed by atoms with Crippen molar-refractivity contribution >= 4 is 0 Å². The first-order valence-electron chi connectivity index (χ1n) is 3.57. The Morgan fingerprint density at radius 1 is 0.917 bits per heavy atom. The molecule has 0 aromatic carbocycles. The lowest BCUT2D eigenvalue weighted by Crippen LogP contribution is -2.48. The van der Waals surface area contributed by atoms with Crippen molar-refractivity contribution in [3.05, 3.63) is 0 Å². The second kappa shape index (κ2) is 5.41. The van der Waals surface area contributed by atoms with E-state index in [1.165, 1.54) is 0 Å². The van der Waals surface area contributed by atoms with Crippen molar-refractivity contribution in [1.82, 2.24) is 0 Å². The minimum Gasteiger partial charge on any atom is -0.394 e. The smallest absolute Gasteiger partial charge is 0.111 e. The zero-order valence-corrected chi connectivity index (χ0v) is 6.54. The minimum absolute atomic E-state index is 0.226. The van der Waals surface area contributed by atoms with Crippen molar-refractivity contribution in [2.75, 3.05) is 13.2 Å². The van der Waals surface area contributed by atoms with Gasteiger partial charge >= 0.3 is 0 Å². The third kappa shape index (κ3) is 3.02. The fourth-order valence-corrected chi connectivity index (χ4v) is 0.703. The SMILES string of the molecule is NC[C@H](O)C(O)C(O)C(O)CO. The van der Waals surface area contributed by atoms with Crippen molar-refractivity contribution in [3.8, 4) is 0 Å². The molecule has 0 spiro atoms. The van der Waals surface area contributed by atoms with Crippen LogP contribution in [0.4, 0.5) is 0 Å². The molecular weight excluding hydrogens is 166 g/mol. The number of rotatable bonds is 5. The Labute approximate surface area is 69.9 Å². The van der Waals surface area contributed by atoms with Crippen LogP contribution in [0.3, 0.4) is 0 Å². The van der Waals surface area contributed by atoms with Gasteiger partial charge in [-0.2, -0.15) is 0 Å². The largest absolute Gasteiger partial charge is 0.394 e. The first-order chi connectivity index (χ1) is 5.54. The van der Waals surface area contributed by atoms with Crippen LogP contribution >= 0.6 is 0 Å². The monoisotopic (exact) mass is 181 g/mol. The zero-order valence-electron chi connectivity index (χ0n) is 6.54. The second-order valence-corrected chi connectivity index (χ2v) is 2.53. The third-order valence-corrected chi connectivity index (χ3v) is 1.57. The van der Waals surface area contributed by atoms with Crippen LogP contribution in [-0.2, 0) is 0 Å². The summed E-state index contributed by atoms with van der Waals surface area (Å²) >= 11 is 0. The molecule has 7 N–H and O–H groups in total. The Hall–Kier alpha value is -0.240. The average Bonchev–Trinajstić information content (AvgIpc) is 2.12. The van der Waals surface area contributed by atoms with Crippen molar-refractivity contribution in [3.63, 3.8) is 0 Å².